The van der Waals surface area contributed by atoms with Crippen molar-refractivity contribution in [2.24, 2.45) is 7.05 Å². The monoisotopic (exact) mass is 283 g/mol. The first kappa shape index (κ1) is 13.8. The highest BCUT2D eigenvalue weighted by atomic mass is 15.3. The zero-order chi connectivity index (χ0) is 14.7. The minimum Gasteiger partial charge on any atom is -0.351 e. The van der Waals surface area contributed by atoms with Gasteiger partial charge < -0.3 is 4.90 Å². The molecule has 0 radical (unpaired) electrons. The van der Waals surface area contributed by atoms with Crippen LogP contribution in [-0.4, -0.2) is 39.3 Å². The maximum Gasteiger partial charge on any atom is 0.133 e. The molecule has 0 saturated heterocycles. The fourth-order valence-corrected chi connectivity index (χ4v) is 2.81. The minimum absolute atomic E-state index is 0.838. The molecule has 2 aromatic rings. The van der Waals surface area contributed by atoms with Gasteiger partial charge in [0.15, 0.2) is 0 Å². The second-order valence-electron chi connectivity index (χ2n) is 5.45. The molecule has 1 aliphatic rings. The molecule has 3 heterocycles. The molecule has 2 aromatic heterocycles. The van der Waals surface area contributed by atoms with Crippen molar-refractivity contribution in [3.8, 4) is 0 Å². The summed E-state index contributed by atoms with van der Waals surface area (Å²) in [5.41, 5.74) is 2.53. The summed E-state index contributed by atoms with van der Waals surface area (Å²) in [5, 5.41) is 4.25. The van der Waals surface area contributed by atoms with Crippen LogP contribution in [0, 0.1) is 0 Å². The Morgan fingerprint density at radius 2 is 2.29 bits per heavy atom. The average Bonchev–Trinajstić information content (AvgIpc) is 2.80. The minimum atomic E-state index is 0.838. The van der Waals surface area contributed by atoms with E-state index in [-0.39, 0.29) is 0 Å². The second-order valence-corrected chi connectivity index (χ2v) is 5.45. The maximum atomic E-state index is 4.56. The number of pyridine rings is 1. The van der Waals surface area contributed by atoms with Crippen molar-refractivity contribution >= 4 is 5.82 Å². The van der Waals surface area contributed by atoms with Crippen molar-refractivity contribution in [3.63, 3.8) is 0 Å². The van der Waals surface area contributed by atoms with Gasteiger partial charge in [-0.3, -0.25) is 9.58 Å². The summed E-state index contributed by atoms with van der Waals surface area (Å²) in [4.78, 5) is 9.30. The van der Waals surface area contributed by atoms with Gasteiger partial charge in [-0.15, -0.1) is 6.58 Å². The molecule has 0 bridgehead atoms. The Bertz CT molecular complexity index is 619. The van der Waals surface area contributed by atoms with Gasteiger partial charge in [-0.2, -0.15) is 5.10 Å². The number of hydrogen-bond donors (Lipinski definition) is 0. The molecular formula is C16H21N5. The van der Waals surface area contributed by atoms with Crippen molar-refractivity contribution in [1.29, 1.82) is 0 Å². The van der Waals surface area contributed by atoms with Crippen LogP contribution < -0.4 is 4.90 Å². The van der Waals surface area contributed by atoms with Gasteiger partial charge in [0.25, 0.3) is 0 Å². The first-order valence-corrected chi connectivity index (χ1v) is 7.26. The quantitative estimate of drug-likeness (QED) is 0.802. The van der Waals surface area contributed by atoms with Gasteiger partial charge in [-0.25, -0.2) is 4.98 Å². The molecule has 21 heavy (non-hydrogen) atoms. The summed E-state index contributed by atoms with van der Waals surface area (Å²) in [5.74, 6) is 1.09. The van der Waals surface area contributed by atoms with Gasteiger partial charge in [-0.05, 0) is 6.07 Å². The molecule has 3 rings (SSSR count). The molecule has 0 saturated carbocycles. The summed E-state index contributed by atoms with van der Waals surface area (Å²) < 4.78 is 1.85. The third-order valence-electron chi connectivity index (χ3n) is 3.76. The van der Waals surface area contributed by atoms with E-state index in [0.29, 0.717) is 0 Å². The number of nitrogens with zero attached hydrogens (tertiary/aromatic N) is 5. The van der Waals surface area contributed by atoms with Crippen LogP contribution >= 0.6 is 0 Å². The number of anilines is 1. The SMILES string of the molecule is C=CCN1CCN(Cc2cnn(C)c2)Cc2cccnc21. The van der Waals surface area contributed by atoms with Gasteiger partial charge in [-0.1, -0.05) is 12.1 Å². The van der Waals surface area contributed by atoms with Crippen LogP contribution in [0.15, 0.2) is 43.4 Å². The topological polar surface area (TPSA) is 37.2 Å². The van der Waals surface area contributed by atoms with Crippen LogP contribution in [0.2, 0.25) is 0 Å². The predicted molar refractivity (Wildman–Crippen MR) is 84.0 cm³/mol. The van der Waals surface area contributed by atoms with E-state index in [1.54, 1.807) is 0 Å². The van der Waals surface area contributed by atoms with Crippen molar-refractivity contribution in [2.75, 3.05) is 24.5 Å². The third kappa shape index (κ3) is 3.13. The van der Waals surface area contributed by atoms with E-state index >= 15 is 0 Å². The zero-order valence-corrected chi connectivity index (χ0v) is 12.4. The molecule has 0 amide bonds. The Morgan fingerprint density at radius 3 is 3.05 bits per heavy atom. The van der Waals surface area contributed by atoms with Crippen molar-refractivity contribution in [2.45, 2.75) is 13.1 Å². The van der Waals surface area contributed by atoms with Crippen molar-refractivity contribution in [1.82, 2.24) is 19.7 Å². The highest BCUT2D eigenvalue weighted by Gasteiger charge is 2.20. The summed E-state index contributed by atoms with van der Waals surface area (Å²) in [6.45, 7) is 8.52. The summed E-state index contributed by atoms with van der Waals surface area (Å²) in [6, 6.07) is 4.18. The van der Waals surface area contributed by atoms with E-state index in [4.69, 9.17) is 0 Å². The molecule has 5 nitrogen and oxygen atoms in total. The van der Waals surface area contributed by atoms with Gasteiger partial charge in [0.2, 0.25) is 0 Å². The normalized spacial score (nSPS) is 15.6. The largest absolute Gasteiger partial charge is 0.351 e. The summed E-state index contributed by atoms with van der Waals surface area (Å²) >= 11 is 0. The predicted octanol–water partition coefficient (Wildman–Crippen LogP) is 1.82. The van der Waals surface area contributed by atoms with Crippen LogP contribution in [0.5, 0.6) is 0 Å². The van der Waals surface area contributed by atoms with Crippen molar-refractivity contribution < 1.29 is 0 Å². The summed E-state index contributed by atoms with van der Waals surface area (Å²) in [7, 11) is 1.96. The standard InChI is InChI=1S/C16H21N5/c1-3-7-21-9-8-20(12-14-10-18-19(2)11-14)13-15-5-4-6-17-16(15)21/h3-6,10-11H,1,7-9,12-13H2,2H3. The highest BCUT2D eigenvalue weighted by Crippen LogP contribution is 2.23. The molecule has 110 valence electrons. The number of hydrogen-bond acceptors (Lipinski definition) is 4. The fourth-order valence-electron chi connectivity index (χ4n) is 2.81. The molecule has 0 atom stereocenters. The van der Waals surface area contributed by atoms with Gasteiger partial charge >= 0.3 is 0 Å². The van der Waals surface area contributed by atoms with Crippen LogP contribution in [-0.2, 0) is 20.1 Å². The van der Waals surface area contributed by atoms with E-state index in [0.717, 1.165) is 38.5 Å². The zero-order valence-electron chi connectivity index (χ0n) is 12.4. The molecule has 0 unspecified atom stereocenters. The maximum absolute atomic E-state index is 4.56. The second kappa shape index (κ2) is 6.10. The molecule has 0 N–H and O–H groups in total. The van der Waals surface area contributed by atoms with E-state index in [9.17, 15) is 0 Å². The lowest BCUT2D eigenvalue weighted by Gasteiger charge is -2.22. The van der Waals surface area contributed by atoms with E-state index in [1.807, 2.05) is 36.3 Å². The molecule has 0 aliphatic carbocycles. The van der Waals surface area contributed by atoms with E-state index in [1.165, 1.54) is 11.1 Å². The smallest absolute Gasteiger partial charge is 0.133 e. The Labute approximate surface area is 125 Å². The lowest BCUT2D eigenvalue weighted by atomic mass is 10.2. The first-order valence-electron chi connectivity index (χ1n) is 7.26. The lowest BCUT2D eigenvalue weighted by Crippen LogP contribution is -2.31. The molecule has 0 aromatic carbocycles. The summed E-state index contributed by atoms with van der Waals surface area (Å²) in [6.07, 6.45) is 7.83. The fraction of sp³-hybridized carbons (Fsp3) is 0.375. The third-order valence-corrected chi connectivity index (χ3v) is 3.76. The number of aromatic nitrogens is 3. The first-order chi connectivity index (χ1) is 10.3. The molecular weight excluding hydrogens is 262 g/mol. The molecule has 1 aliphatic heterocycles. The van der Waals surface area contributed by atoms with Gasteiger partial charge in [0, 0.05) is 63.3 Å². The Hall–Kier alpha value is -2.14. The van der Waals surface area contributed by atoms with Gasteiger partial charge in [0.1, 0.15) is 5.82 Å². The highest BCUT2D eigenvalue weighted by molar-refractivity contribution is 5.48. The lowest BCUT2D eigenvalue weighted by molar-refractivity contribution is 0.269. The molecule has 5 heteroatoms. The molecule has 0 spiro atoms. The van der Waals surface area contributed by atoms with E-state index in [2.05, 4.69) is 38.7 Å². The number of aryl methyl sites for hydroxylation is 1. The Kier molecular flexibility index (Phi) is 4.01. The number of rotatable bonds is 4. The van der Waals surface area contributed by atoms with Crippen LogP contribution in [0.25, 0.3) is 0 Å². The Morgan fingerprint density at radius 1 is 1.38 bits per heavy atom. The van der Waals surface area contributed by atoms with Gasteiger partial charge in [0.05, 0.1) is 6.20 Å². The van der Waals surface area contributed by atoms with Crippen molar-refractivity contribution in [3.05, 3.63) is 54.5 Å². The van der Waals surface area contributed by atoms with E-state index < -0.39 is 0 Å². The average molecular weight is 283 g/mol. The van der Waals surface area contributed by atoms with Crippen LogP contribution in [0.1, 0.15) is 11.1 Å². The molecule has 0 fully saturated rings. The Balaban J connectivity index is 1.80. The van der Waals surface area contributed by atoms with Crippen LogP contribution in [0.4, 0.5) is 5.82 Å². The number of fused-ring (bicyclic) bond motifs is 1. The van der Waals surface area contributed by atoms with Crippen LogP contribution in [0.3, 0.4) is 0 Å².